The van der Waals surface area contributed by atoms with Gasteiger partial charge in [-0.1, -0.05) is 0 Å². The molecule has 0 bridgehead atoms. The molecule has 2 aliphatic carbocycles. The van der Waals surface area contributed by atoms with Gasteiger partial charge in [0.2, 0.25) is 11.6 Å². The van der Waals surface area contributed by atoms with Crippen molar-refractivity contribution in [2.24, 2.45) is 11.3 Å². The first-order chi connectivity index (χ1) is 8.65. The van der Waals surface area contributed by atoms with Gasteiger partial charge < -0.3 is 14.9 Å². The zero-order chi connectivity index (χ0) is 14.2. The molecule has 1 unspecified atom stereocenters. The molecule has 2 fully saturated rings. The van der Waals surface area contributed by atoms with Crippen molar-refractivity contribution in [3.05, 3.63) is 11.6 Å². The molecule has 5 nitrogen and oxygen atoms in total. The minimum absolute atomic E-state index is 0.0425. The van der Waals surface area contributed by atoms with E-state index in [2.05, 4.69) is 0 Å². The van der Waals surface area contributed by atoms with Gasteiger partial charge in [0.15, 0.2) is 0 Å². The van der Waals surface area contributed by atoms with Crippen molar-refractivity contribution in [3.8, 4) is 0 Å². The smallest absolute Gasteiger partial charge is 0.240 e. The lowest BCUT2D eigenvalue weighted by molar-refractivity contribution is -0.250. The van der Waals surface area contributed by atoms with E-state index in [9.17, 15) is 19.8 Å². The van der Waals surface area contributed by atoms with Gasteiger partial charge in [0.25, 0.3) is 0 Å². The van der Waals surface area contributed by atoms with Crippen LogP contribution >= 0.6 is 0 Å². The minimum atomic E-state index is -1.99. The van der Waals surface area contributed by atoms with E-state index in [-0.39, 0.29) is 23.7 Å². The Morgan fingerprint density at radius 2 is 2.16 bits per heavy atom. The van der Waals surface area contributed by atoms with Gasteiger partial charge in [-0.2, -0.15) is 0 Å². The second-order valence-corrected chi connectivity index (χ2v) is 6.49. The average Bonchev–Trinajstić information content (AvgIpc) is 2.97. The summed E-state index contributed by atoms with van der Waals surface area (Å²) in [7, 11) is 0. The highest BCUT2D eigenvalue weighted by Crippen LogP contribution is 2.74. The molecule has 2 N–H and O–H groups in total. The molecule has 1 heterocycles. The van der Waals surface area contributed by atoms with Crippen molar-refractivity contribution in [1.29, 1.82) is 0 Å². The van der Waals surface area contributed by atoms with Crippen molar-refractivity contribution in [1.82, 2.24) is 0 Å². The van der Waals surface area contributed by atoms with Crippen molar-refractivity contribution in [2.45, 2.75) is 51.1 Å². The Morgan fingerprint density at radius 3 is 2.68 bits per heavy atom. The van der Waals surface area contributed by atoms with E-state index in [0.717, 1.165) is 0 Å². The number of rotatable bonds is 2. The number of aliphatic hydroxyl groups excluding tert-OH is 1. The zero-order valence-electron chi connectivity index (χ0n) is 11.3. The number of carbonyl (C=O) groups is 2. The third-order valence-electron chi connectivity index (χ3n) is 4.81. The molecule has 1 aliphatic heterocycles. The van der Waals surface area contributed by atoms with Crippen LogP contribution in [-0.2, 0) is 14.3 Å². The highest BCUT2D eigenvalue weighted by atomic mass is 16.7. The molecule has 0 aromatic rings. The number of aliphatic hydroxyl groups is 2. The number of carbonyl (C=O) groups excluding carboxylic acids is 2. The lowest BCUT2D eigenvalue weighted by Gasteiger charge is -2.38. The Hall–Kier alpha value is -1.04. The van der Waals surface area contributed by atoms with Crippen LogP contribution in [0.3, 0.4) is 0 Å². The Labute approximate surface area is 111 Å². The van der Waals surface area contributed by atoms with Gasteiger partial charge in [-0.25, -0.2) is 0 Å². The van der Waals surface area contributed by atoms with Crippen LogP contribution in [0.2, 0.25) is 0 Å². The third-order valence-corrected chi connectivity index (χ3v) is 4.81. The Balaban J connectivity index is 2.05. The summed E-state index contributed by atoms with van der Waals surface area (Å²) in [4.78, 5) is 23.6. The summed E-state index contributed by atoms with van der Waals surface area (Å²) in [6.07, 6.45) is 0.954. The topological polar surface area (TPSA) is 83.8 Å². The molecule has 5 heteroatoms. The van der Waals surface area contributed by atoms with Gasteiger partial charge in [-0.3, -0.25) is 9.59 Å². The molecule has 0 aromatic carbocycles. The monoisotopic (exact) mass is 266 g/mol. The molecular weight excluding hydrogens is 248 g/mol. The number of ketones is 2. The maximum Gasteiger partial charge on any atom is 0.240 e. The van der Waals surface area contributed by atoms with Gasteiger partial charge in [-0.15, -0.1) is 0 Å². The van der Waals surface area contributed by atoms with Gasteiger partial charge in [-0.05, 0) is 33.3 Å². The molecule has 3 aliphatic rings. The van der Waals surface area contributed by atoms with Crippen molar-refractivity contribution < 1.29 is 24.5 Å². The van der Waals surface area contributed by atoms with Crippen LogP contribution in [-0.4, -0.2) is 39.3 Å². The van der Waals surface area contributed by atoms with Crippen molar-refractivity contribution in [3.63, 3.8) is 0 Å². The minimum Gasteiger partial charge on any atom is -0.388 e. The fraction of sp³-hybridized carbons (Fsp3) is 0.714. The van der Waals surface area contributed by atoms with Gasteiger partial charge in [0.05, 0.1) is 17.1 Å². The first-order valence-corrected chi connectivity index (χ1v) is 6.51. The average molecular weight is 266 g/mol. The molecule has 1 saturated carbocycles. The Kier molecular flexibility index (Phi) is 2.28. The molecule has 0 amide bonds. The van der Waals surface area contributed by atoms with E-state index in [1.807, 2.05) is 13.8 Å². The summed E-state index contributed by atoms with van der Waals surface area (Å²) in [5, 5.41) is 21.0. The number of ether oxygens (including phenoxy) is 1. The molecule has 19 heavy (non-hydrogen) atoms. The lowest BCUT2D eigenvalue weighted by atomic mass is 9.75. The fourth-order valence-electron chi connectivity index (χ4n) is 3.89. The maximum absolute atomic E-state index is 12.4. The first-order valence-electron chi connectivity index (χ1n) is 6.51. The maximum atomic E-state index is 12.4. The van der Waals surface area contributed by atoms with E-state index in [1.165, 1.54) is 13.0 Å². The second kappa shape index (κ2) is 3.34. The number of hydrogen-bond donors (Lipinski definition) is 2. The van der Waals surface area contributed by atoms with E-state index in [1.54, 1.807) is 0 Å². The standard InChI is InChI=1S/C14H18O5/c1-7(15)4-8-5-10(16)13-6-9(13)12(2,3)19-14(13,18)11(8)17/h5,9-10,16,18H,4,6H2,1-3H3/t9-,10-,13?,14+/m0/s1. The molecule has 1 saturated heterocycles. The van der Waals surface area contributed by atoms with Gasteiger partial charge in [0, 0.05) is 17.9 Å². The summed E-state index contributed by atoms with van der Waals surface area (Å²) in [5.41, 5.74) is -1.42. The molecular formula is C14H18O5. The summed E-state index contributed by atoms with van der Waals surface area (Å²) >= 11 is 0. The Bertz CT molecular complexity index is 520. The van der Waals surface area contributed by atoms with Crippen molar-refractivity contribution >= 4 is 11.6 Å². The molecule has 1 spiro atoms. The predicted molar refractivity (Wildman–Crippen MR) is 65.0 cm³/mol. The van der Waals surface area contributed by atoms with E-state index in [4.69, 9.17) is 4.74 Å². The molecule has 0 radical (unpaired) electrons. The first kappa shape index (κ1) is 13.0. The van der Waals surface area contributed by atoms with Crippen LogP contribution in [0.4, 0.5) is 0 Å². The zero-order valence-corrected chi connectivity index (χ0v) is 11.3. The summed E-state index contributed by atoms with van der Waals surface area (Å²) in [6, 6.07) is 0. The Morgan fingerprint density at radius 1 is 1.53 bits per heavy atom. The summed E-state index contributed by atoms with van der Waals surface area (Å²) in [5.74, 6) is -2.78. The highest BCUT2D eigenvalue weighted by Gasteiger charge is 2.84. The van der Waals surface area contributed by atoms with Crippen LogP contribution in [0.15, 0.2) is 11.6 Å². The predicted octanol–water partition coefficient (Wildman–Crippen LogP) is 0.339. The van der Waals surface area contributed by atoms with Crippen molar-refractivity contribution in [2.75, 3.05) is 0 Å². The second-order valence-electron chi connectivity index (χ2n) is 6.49. The molecule has 0 aromatic heterocycles. The molecule has 4 atom stereocenters. The van der Waals surface area contributed by atoms with E-state index in [0.29, 0.717) is 6.42 Å². The molecule has 3 rings (SSSR count). The summed E-state index contributed by atoms with van der Waals surface area (Å²) in [6.45, 7) is 5.00. The number of Topliss-reactive ketones (excluding diaryl/α,β-unsaturated/α-hetero) is 2. The van der Waals surface area contributed by atoms with Crippen LogP contribution < -0.4 is 0 Å². The van der Waals surface area contributed by atoms with Crippen LogP contribution in [0.25, 0.3) is 0 Å². The SMILES string of the molecule is CC(=O)CC1=C[C@H](O)C23C[C@H]2C(C)(C)O[C@]3(O)C1=O. The molecule has 104 valence electrons. The van der Waals surface area contributed by atoms with Crippen LogP contribution in [0.5, 0.6) is 0 Å². The fourth-order valence-corrected chi connectivity index (χ4v) is 3.89. The van der Waals surface area contributed by atoms with Gasteiger partial charge in [0.1, 0.15) is 5.78 Å². The largest absolute Gasteiger partial charge is 0.388 e. The normalized spacial score (nSPS) is 46.4. The van der Waals surface area contributed by atoms with Gasteiger partial charge >= 0.3 is 0 Å². The van der Waals surface area contributed by atoms with E-state index < -0.39 is 28.7 Å². The lowest BCUT2D eigenvalue weighted by Crippen LogP contribution is -2.56. The third kappa shape index (κ3) is 1.35. The quantitative estimate of drug-likeness (QED) is 0.753. The highest BCUT2D eigenvalue weighted by molar-refractivity contribution is 6.06. The number of hydrogen-bond acceptors (Lipinski definition) is 5. The van der Waals surface area contributed by atoms with E-state index >= 15 is 0 Å². The summed E-state index contributed by atoms with van der Waals surface area (Å²) < 4.78 is 5.58. The van der Waals surface area contributed by atoms with Crippen LogP contribution in [0.1, 0.15) is 33.6 Å². The van der Waals surface area contributed by atoms with Crippen LogP contribution in [0, 0.1) is 11.3 Å².